The summed E-state index contributed by atoms with van der Waals surface area (Å²) >= 11 is 0. The first-order chi connectivity index (χ1) is 7.88. The molecule has 2 fully saturated rings. The van der Waals surface area contributed by atoms with Gasteiger partial charge in [0.1, 0.15) is 0 Å². The molecule has 2 unspecified atom stereocenters. The van der Waals surface area contributed by atoms with Gasteiger partial charge in [-0.1, -0.05) is 6.42 Å². The molecule has 100 valence electrons. The fraction of sp³-hybridized carbons (Fsp3) is 1.00. The lowest BCUT2D eigenvalue weighted by atomic mass is 9.74. The summed E-state index contributed by atoms with van der Waals surface area (Å²) in [6.45, 7) is 0. The van der Waals surface area contributed by atoms with Crippen molar-refractivity contribution in [1.82, 2.24) is 0 Å². The van der Waals surface area contributed by atoms with Gasteiger partial charge < -0.3 is 5.11 Å². The number of hydrogen-bond donors (Lipinski definition) is 1. The van der Waals surface area contributed by atoms with E-state index in [-0.39, 0.29) is 6.42 Å². The minimum atomic E-state index is -4.08. The van der Waals surface area contributed by atoms with Crippen LogP contribution in [0, 0.1) is 11.8 Å². The Labute approximate surface area is 100 Å². The molecule has 2 aliphatic rings. The molecular weight excluding hydrogens is 229 g/mol. The smallest absolute Gasteiger partial charge is 0.389 e. The molecule has 0 radical (unpaired) electrons. The van der Waals surface area contributed by atoms with Gasteiger partial charge in [-0.15, -0.1) is 0 Å². The number of rotatable bonds is 4. The van der Waals surface area contributed by atoms with Crippen molar-refractivity contribution in [3.8, 4) is 0 Å². The van der Waals surface area contributed by atoms with Gasteiger partial charge in [0.2, 0.25) is 0 Å². The molecule has 0 aromatic rings. The SMILES string of the molecule is OC1(CCCC(F)(F)F)CCCC(C2CC2)C1. The van der Waals surface area contributed by atoms with E-state index in [2.05, 4.69) is 0 Å². The third-order valence-electron chi connectivity index (χ3n) is 4.25. The Kier molecular flexibility index (Phi) is 3.71. The van der Waals surface area contributed by atoms with Crippen LogP contribution >= 0.6 is 0 Å². The van der Waals surface area contributed by atoms with Crippen molar-refractivity contribution in [3.05, 3.63) is 0 Å². The Bertz CT molecular complexity index is 260. The highest BCUT2D eigenvalue weighted by atomic mass is 19.4. The summed E-state index contributed by atoms with van der Waals surface area (Å²) in [5, 5.41) is 10.3. The van der Waals surface area contributed by atoms with Crippen molar-refractivity contribution in [1.29, 1.82) is 0 Å². The van der Waals surface area contributed by atoms with Crippen molar-refractivity contribution in [3.63, 3.8) is 0 Å². The zero-order valence-electron chi connectivity index (χ0n) is 10.1. The summed E-state index contributed by atoms with van der Waals surface area (Å²) in [6, 6.07) is 0. The Balaban J connectivity index is 1.77. The second kappa shape index (κ2) is 4.79. The molecular formula is C13H21F3O. The lowest BCUT2D eigenvalue weighted by molar-refractivity contribution is -0.139. The van der Waals surface area contributed by atoms with Gasteiger partial charge in [-0.3, -0.25) is 0 Å². The maximum atomic E-state index is 12.1. The van der Waals surface area contributed by atoms with Crippen molar-refractivity contribution < 1.29 is 18.3 Å². The highest BCUT2D eigenvalue weighted by Gasteiger charge is 2.41. The third-order valence-corrected chi connectivity index (χ3v) is 4.25. The van der Waals surface area contributed by atoms with Crippen LogP contribution in [-0.2, 0) is 0 Å². The van der Waals surface area contributed by atoms with Crippen molar-refractivity contribution >= 4 is 0 Å². The zero-order valence-corrected chi connectivity index (χ0v) is 10.1. The Morgan fingerprint density at radius 3 is 2.41 bits per heavy atom. The molecule has 17 heavy (non-hydrogen) atoms. The number of hydrogen-bond acceptors (Lipinski definition) is 1. The molecule has 0 saturated heterocycles. The van der Waals surface area contributed by atoms with E-state index in [0.29, 0.717) is 18.8 Å². The van der Waals surface area contributed by atoms with E-state index in [0.717, 1.165) is 25.2 Å². The average molecular weight is 250 g/mol. The molecule has 4 heteroatoms. The minimum Gasteiger partial charge on any atom is -0.390 e. The van der Waals surface area contributed by atoms with Crippen LogP contribution in [0.5, 0.6) is 0 Å². The molecule has 0 bridgehead atoms. The van der Waals surface area contributed by atoms with Gasteiger partial charge in [0.05, 0.1) is 5.60 Å². The van der Waals surface area contributed by atoms with E-state index in [9.17, 15) is 18.3 Å². The van der Waals surface area contributed by atoms with Crippen molar-refractivity contribution in [2.45, 2.75) is 69.6 Å². The molecule has 0 spiro atoms. The fourth-order valence-electron chi connectivity index (χ4n) is 3.20. The molecule has 2 saturated carbocycles. The number of halogens is 3. The van der Waals surface area contributed by atoms with Crippen LogP contribution in [0.4, 0.5) is 13.2 Å². The van der Waals surface area contributed by atoms with Gasteiger partial charge in [-0.25, -0.2) is 0 Å². The second-order valence-corrected chi connectivity index (χ2v) is 5.89. The molecule has 2 atom stereocenters. The highest BCUT2D eigenvalue weighted by molar-refractivity contribution is 4.92. The van der Waals surface area contributed by atoms with Crippen LogP contribution < -0.4 is 0 Å². The van der Waals surface area contributed by atoms with Crippen LogP contribution in [0.3, 0.4) is 0 Å². The summed E-state index contributed by atoms with van der Waals surface area (Å²) in [5.74, 6) is 1.32. The highest BCUT2D eigenvalue weighted by Crippen LogP contribution is 2.47. The predicted molar refractivity (Wildman–Crippen MR) is 59.5 cm³/mol. The van der Waals surface area contributed by atoms with Crippen LogP contribution in [0.25, 0.3) is 0 Å². The van der Waals surface area contributed by atoms with Gasteiger partial charge >= 0.3 is 6.18 Å². The lowest BCUT2D eigenvalue weighted by Crippen LogP contribution is -2.36. The summed E-state index contributed by atoms with van der Waals surface area (Å²) < 4.78 is 36.2. The summed E-state index contributed by atoms with van der Waals surface area (Å²) in [4.78, 5) is 0. The molecule has 0 aromatic heterocycles. The van der Waals surface area contributed by atoms with Gasteiger partial charge in [0.15, 0.2) is 0 Å². The maximum Gasteiger partial charge on any atom is 0.389 e. The van der Waals surface area contributed by atoms with Gasteiger partial charge in [0.25, 0.3) is 0 Å². The Morgan fingerprint density at radius 1 is 1.12 bits per heavy atom. The van der Waals surface area contributed by atoms with E-state index in [1.54, 1.807) is 0 Å². The fourth-order valence-corrected chi connectivity index (χ4v) is 3.20. The normalized spacial score (nSPS) is 34.9. The Morgan fingerprint density at radius 2 is 1.82 bits per heavy atom. The average Bonchev–Trinajstić information content (AvgIpc) is 2.97. The third kappa shape index (κ3) is 4.16. The maximum absolute atomic E-state index is 12.1. The molecule has 0 aromatic carbocycles. The predicted octanol–water partition coefficient (Wildman–Crippen LogP) is 4.05. The Hall–Kier alpha value is -0.250. The first-order valence-corrected chi connectivity index (χ1v) is 6.67. The van der Waals surface area contributed by atoms with Crippen LogP contribution in [-0.4, -0.2) is 16.9 Å². The molecule has 0 heterocycles. The van der Waals surface area contributed by atoms with E-state index in [4.69, 9.17) is 0 Å². The largest absolute Gasteiger partial charge is 0.390 e. The standard InChI is InChI=1S/C13H21F3O/c14-13(15,16)8-2-7-12(17)6-1-3-11(9-12)10-4-5-10/h10-11,17H,1-9H2. The van der Waals surface area contributed by atoms with Crippen LogP contribution in [0.2, 0.25) is 0 Å². The lowest BCUT2D eigenvalue weighted by Gasteiger charge is -2.37. The summed E-state index contributed by atoms with van der Waals surface area (Å²) in [5.41, 5.74) is -0.809. The number of aliphatic hydroxyl groups is 1. The van der Waals surface area contributed by atoms with Gasteiger partial charge in [0, 0.05) is 6.42 Å². The van der Waals surface area contributed by atoms with Crippen molar-refractivity contribution in [2.75, 3.05) is 0 Å². The first-order valence-electron chi connectivity index (χ1n) is 6.67. The van der Waals surface area contributed by atoms with E-state index in [1.807, 2.05) is 0 Å². The first kappa shape index (κ1) is 13.2. The second-order valence-electron chi connectivity index (χ2n) is 5.89. The molecule has 0 amide bonds. The van der Waals surface area contributed by atoms with E-state index in [1.165, 1.54) is 12.8 Å². The summed E-state index contributed by atoms with van der Waals surface area (Å²) in [6.07, 6.45) is 1.60. The molecule has 2 rings (SSSR count). The molecule has 0 aliphatic heterocycles. The van der Waals surface area contributed by atoms with Crippen molar-refractivity contribution in [2.24, 2.45) is 11.8 Å². The number of alkyl halides is 3. The van der Waals surface area contributed by atoms with Gasteiger partial charge in [-0.2, -0.15) is 13.2 Å². The zero-order chi connectivity index (χ0) is 12.5. The summed E-state index contributed by atoms with van der Waals surface area (Å²) in [7, 11) is 0. The van der Waals surface area contributed by atoms with Crippen LogP contribution in [0.15, 0.2) is 0 Å². The van der Waals surface area contributed by atoms with E-state index < -0.39 is 18.2 Å². The monoisotopic (exact) mass is 250 g/mol. The van der Waals surface area contributed by atoms with E-state index >= 15 is 0 Å². The molecule has 1 N–H and O–H groups in total. The molecule has 2 aliphatic carbocycles. The topological polar surface area (TPSA) is 20.2 Å². The molecule has 1 nitrogen and oxygen atoms in total. The minimum absolute atomic E-state index is 0.0669. The van der Waals surface area contributed by atoms with Crippen LogP contribution in [0.1, 0.15) is 57.8 Å². The van der Waals surface area contributed by atoms with Gasteiger partial charge in [-0.05, 0) is 56.8 Å². The quantitative estimate of drug-likeness (QED) is 0.798.